The molecule has 21 heavy (non-hydrogen) atoms. The molecule has 0 unspecified atom stereocenters. The van der Waals surface area contributed by atoms with Gasteiger partial charge in [0, 0.05) is 30.9 Å². The van der Waals surface area contributed by atoms with Gasteiger partial charge < -0.3 is 9.80 Å². The number of fused-ring (bicyclic) bond motifs is 1. The number of carbonyl (C=O) groups excluding carboxylic acids is 2. The van der Waals surface area contributed by atoms with Gasteiger partial charge in [0.15, 0.2) is 0 Å². The van der Waals surface area contributed by atoms with Crippen molar-refractivity contribution in [3.05, 3.63) is 29.3 Å². The van der Waals surface area contributed by atoms with E-state index in [0.717, 1.165) is 42.7 Å². The maximum Gasteiger partial charge on any atom is 0.253 e. The van der Waals surface area contributed by atoms with E-state index in [1.807, 2.05) is 30.0 Å². The van der Waals surface area contributed by atoms with Gasteiger partial charge in [0.05, 0.1) is 6.42 Å². The number of hydrogen-bond donors (Lipinski definition) is 0. The first-order valence-electron chi connectivity index (χ1n) is 7.93. The van der Waals surface area contributed by atoms with E-state index in [1.165, 1.54) is 12.8 Å². The van der Waals surface area contributed by atoms with Crippen LogP contribution in [0.25, 0.3) is 0 Å². The maximum absolute atomic E-state index is 12.6. The third-order valence-corrected chi connectivity index (χ3v) is 4.47. The molecule has 4 nitrogen and oxygen atoms in total. The molecule has 0 spiro atoms. The van der Waals surface area contributed by atoms with Gasteiger partial charge in [-0.3, -0.25) is 9.59 Å². The predicted octanol–water partition coefficient (Wildman–Crippen LogP) is 2.61. The first-order chi connectivity index (χ1) is 10.2. The van der Waals surface area contributed by atoms with Crippen LogP contribution in [0.15, 0.2) is 18.2 Å². The maximum atomic E-state index is 12.6. The highest BCUT2D eigenvalue weighted by molar-refractivity contribution is 6.03. The summed E-state index contributed by atoms with van der Waals surface area (Å²) in [4.78, 5) is 28.3. The average Bonchev–Trinajstić information content (AvgIpc) is 2.68. The Hall–Kier alpha value is -1.84. The molecule has 0 aliphatic carbocycles. The van der Waals surface area contributed by atoms with Crippen molar-refractivity contribution >= 4 is 17.5 Å². The fourth-order valence-electron chi connectivity index (χ4n) is 3.32. The summed E-state index contributed by atoms with van der Waals surface area (Å²) < 4.78 is 0. The van der Waals surface area contributed by atoms with Crippen LogP contribution in [-0.4, -0.2) is 36.3 Å². The van der Waals surface area contributed by atoms with Gasteiger partial charge in [-0.1, -0.05) is 12.8 Å². The lowest BCUT2D eigenvalue weighted by atomic mass is 10.1. The van der Waals surface area contributed by atoms with Crippen LogP contribution < -0.4 is 4.90 Å². The number of likely N-dealkylation sites (N-methyl/N-ethyl adjacent to an activating group) is 1. The zero-order valence-corrected chi connectivity index (χ0v) is 12.6. The summed E-state index contributed by atoms with van der Waals surface area (Å²) in [7, 11) is 0. The normalized spacial score (nSPS) is 18.6. The number of carbonyl (C=O) groups is 2. The number of likely N-dealkylation sites (tertiary alicyclic amines) is 1. The number of anilines is 1. The highest BCUT2D eigenvalue weighted by Gasteiger charge is 2.27. The fourth-order valence-corrected chi connectivity index (χ4v) is 3.32. The van der Waals surface area contributed by atoms with Gasteiger partial charge in [-0.2, -0.15) is 0 Å². The van der Waals surface area contributed by atoms with Crippen molar-refractivity contribution in [3.63, 3.8) is 0 Å². The van der Waals surface area contributed by atoms with E-state index < -0.39 is 0 Å². The molecule has 3 rings (SSSR count). The molecule has 2 aliphatic rings. The Labute approximate surface area is 125 Å². The lowest BCUT2D eigenvalue weighted by Gasteiger charge is -2.21. The zero-order chi connectivity index (χ0) is 14.8. The molecule has 1 aromatic carbocycles. The number of hydrogen-bond acceptors (Lipinski definition) is 2. The highest BCUT2D eigenvalue weighted by atomic mass is 16.2. The van der Waals surface area contributed by atoms with Gasteiger partial charge >= 0.3 is 0 Å². The molecule has 4 heteroatoms. The Morgan fingerprint density at radius 2 is 1.86 bits per heavy atom. The number of rotatable bonds is 2. The largest absolute Gasteiger partial charge is 0.339 e. The molecule has 2 amide bonds. The van der Waals surface area contributed by atoms with E-state index in [2.05, 4.69) is 0 Å². The lowest BCUT2D eigenvalue weighted by molar-refractivity contribution is -0.117. The van der Waals surface area contributed by atoms with Crippen molar-refractivity contribution in [2.75, 3.05) is 24.5 Å². The second-order valence-electron chi connectivity index (χ2n) is 5.86. The zero-order valence-electron chi connectivity index (χ0n) is 12.6. The van der Waals surface area contributed by atoms with Gasteiger partial charge in [0.1, 0.15) is 0 Å². The van der Waals surface area contributed by atoms with Gasteiger partial charge in [-0.25, -0.2) is 0 Å². The molecule has 0 atom stereocenters. The molecular weight excluding hydrogens is 264 g/mol. The molecule has 112 valence electrons. The van der Waals surface area contributed by atoms with Crippen molar-refractivity contribution in [1.82, 2.24) is 4.90 Å². The quantitative estimate of drug-likeness (QED) is 0.838. The van der Waals surface area contributed by atoms with Crippen LogP contribution in [0.4, 0.5) is 5.69 Å². The molecular formula is C17H22N2O2. The standard InChI is InChI=1S/C17H22N2O2/c1-2-19-15-8-7-13(11-14(15)12-16(19)20)17(21)18-9-5-3-4-6-10-18/h7-8,11H,2-6,9-10,12H2,1H3. The van der Waals surface area contributed by atoms with Crippen LogP contribution in [0.3, 0.4) is 0 Å². The monoisotopic (exact) mass is 286 g/mol. The molecule has 0 aromatic heterocycles. The van der Waals surface area contributed by atoms with E-state index in [-0.39, 0.29) is 11.8 Å². The van der Waals surface area contributed by atoms with Crippen molar-refractivity contribution in [1.29, 1.82) is 0 Å². The van der Waals surface area contributed by atoms with E-state index in [1.54, 1.807) is 4.90 Å². The molecule has 1 aromatic rings. The SMILES string of the molecule is CCN1C(=O)Cc2cc(C(=O)N3CCCCCC3)ccc21. The Morgan fingerprint density at radius 3 is 2.52 bits per heavy atom. The molecule has 0 bridgehead atoms. The minimum absolute atomic E-state index is 0.113. The molecule has 0 N–H and O–H groups in total. The molecule has 0 saturated carbocycles. The molecule has 2 aliphatic heterocycles. The molecule has 1 fully saturated rings. The Balaban J connectivity index is 1.82. The number of benzene rings is 1. The second kappa shape index (κ2) is 5.88. The van der Waals surface area contributed by atoms with E-state index in [9.17, 15) is 9.59 Å². The third-order valence-electron chi connectivity index (χ3n) is 4.47. The first-order valence-corrected chi connectivity index (χ1v) is 7.93. The van der Waals surface area contributed by atoms with Crippen LogP contribution in [0.2, 0.25) is 0 Å². The minimum atomic E-state index is 0.113. The van der Waals surface area contributed by atoms with Crippen LogP contribution in [-0.2, 0) is 11.2 Å². The highest BCUT2D eigenvalue weighted by Crippen LogP contribution is 2.30. The van der Waals surface area contributed by atoms with E-state index in [0.29, 0.717) is 13.0 Å². The van der Waals surface area contributed by atoms with Crippen molar-refractivity contribution in [2.45, 2.75) is 39.0 Å². The van der Waals surface area contributed by atoms with Gasteiger partial charge in [0.25, 0.3) is 5.91 Å². The fraction of sp³-hybridized carbons (Fsp3) is 0.529. The van der Waals surface area contributed by atoms with E-state index >= 15 is 0 Å². The van der Waals surface area contributed by atoms with Crippen LogP contribution >= 0.6 is 0 Å². The topological polar surface area (TPSA) is 40.6 Å². The summed E-state index contributed by atoms with van der Waals surface area (Å²) in [6, 6.07) is 5.71. The van der Waals surface area contributed by atoms with Crippen LogP contribution in [0, 0.1) is 0 Å². The summed E-state index contributed by atoms with van der Waals surface area (Å²) >= 11 is 0. The minimum Gasteiger partial charge on any atom is -0.339 e. The number of nitrogens with zero attached hydrogens (tertiary/aromatic N) is 2. The predicted molar refractivity (Wildman–Crippen MR) is 82.5 cm³/mol. The van der Waals surface area contributed by atoms with Crippen LogP contribution in [0.1, 0.15) is 48.5 Å². The summed E-state index contributed by atoms with van der Waals surface area (Å²) in [6.45, 7) is 4.38. The van der Waals surface area contributed by atoms with Crippen molar-refractivity contribution in [2.24, 2.45) is 0 Å². The first kappa shape index (κ1) is 14.1. The summed E-state index contributed by atoms with van der Waals surface area (Å²) in [6.07, 6.45) is 5.05. The molecule has 2 heterocycles. The van der Waals surface area contributed by atoms with Crippen molar-refractivity contribution < 1.29 is 9.59 Å². The molecule has 0 radical (unpaired) electrons. The van der Waals surface area contributed by atoms with Gasteiger partial charge in [0.2, 0.25) is 5.91 Å². The summed E-state index contributed by atoms with van der Waals surface area (Å²) in [5.41, 5.74) is 2.68. The average molecular weight is 286 g/mol. The second-order valence-corrected chi connectivity index (χ2v) is 5.86. The Morgan fingerprint density at radius 1 is 1.14 bits per heavy atom. The summed E-state index contributed by atoms with van der Waals surface area (Å²) in [5.74, 6) is 0.244. The third kappa shape index (κ3) is 2.67. The number of amides is 2. The van der Waals surface area contributed by atoms with Crippen molar-refractivity contribution in [3.8, 4) is 0 Å². The van der Waals surface area contributed by atoms with Gasteiger partial charge in [-0.05, 0) is 43.5 Å². The smallest absolute Gasteiger partial charge is 0.253 e. The Bertz CT molecular complexity index is 560. The van der Waals surface area contributed by atoms with Gasteiger partial charge in [-0.15, -0.1) is 0 Å². The van der Waals surface area contributed by atoms with Crippen LogP contribution in [0.5, 0.6) is 0 Å². The van der Waals surface area contributed by atoms with E-state index in [4.69, 9.17) is 0 Å². The Kier molecular flexibility index (Phi) is 3.95. The lowest BCUT2D eigenvalue weighted by Crippen LogP contribution is -2.31. The molecule has 1 saturated heterocycles. The summed E-state index contributed by atoms with van der Waals surface area (Å²) in [5, 5.41) is 0.